The van der Waals surface area contributed by atoms with Crippen molar-refractivity contribution in [2.45, 2.75) is 26.2 Å². The number of hydrogen-bond donors (Lipinski definition) is 1. The molecule has 1 aromatic rings. The molecule has 2 heteroatoms. The summed E-state index contributed by atoms with van der Waals surface area (Å²) in [6.45, 7) is 3.67. The monoisotopic (exact) mass is 219 g/mol. The Kier molecular flexibility index (Phi) is 6.35. The van der Waals surface area contributed by atoms with Gasteiger partial charge in [0.05, 0.1) is 6.61 Å². The molecule has 2 N–H and O–H groups in total. The first-order valence-corrected chi connectivity index (χ1v) is 5.96. The normalized spacial score (nSPS) is 10.9. The van der Waals surface area contributed by atoms with Gasteiger partial charge in [0.15, 0.2) is 0 Å². The van der Waals surface area contributed by atoms with Crippen LogP contribution in [0.3, 0.4) is 0 Å². The zero-order valence-electron chi connectivity index (χ0n) is 9.99. The maximum Gasteiger partial charge on any atom is 0.119 e. The van der Waals surface area contributed by atoms with Crippen LogP contribution in [0.25, 0.3) is 6.08 Å². The van der Waals surface area contributed by atoms with Crippen molar-refractivity contribution < 1.29 is 4.74 Å². The fourth-order valence-corrected chi connectivity index (χ4v) is 1.33. The maximum atomic E-state index is 5.58. The Labute approximate surface area is 98.1 Å². The van der Waals surface area contributed by atoms with Crippen molar-refractivity contribution in [3.63, 3.8) is 0 Å². The lowest BCUT2D eigenvalue weighted by molar-refractivity contribution is 0.309. The van der Waals surface area contributed by atoms with Crippen molar-refractivity contribution in [2.24, 2.45) is 5.73 Å². The largest absolute Gasteiger partial charge is 0.494 e. The van der Waals surface area contributed by atoms with Gasteiger partial charge in [0.1, 0.15) is 5.75 Å². The number of ether oxygens (including phenoxy) is 1. The minimum Gasteiger partial charge on any atom is -0.494 e. The lowest BCUT2D eigenvalue weighted by Crippen LogP contribution is -1.96. The molecule has 16 heavy (non-hydrogen) atoms. The number of rotatable bonds is 7. The summed E-state index contributed by atoms with van der Waals surface area (Å²) in [5, 5.41) is 0. The molecule has 0 spiro atoms. The van der Waals surface area contributed by atoms with Gasteiger partial charge in [-0.2, -0.15) is 0 Å². The van der Waals surface area contributed by atoms with E-state index in [0.717, 1.165) is 25.2 Å². The van der Waals surface area contributed by atoms with Crippen molar-refractivity contribution >= 4 is 6.08 Å². The van der Waals surface area contributed by atoms with Crippen molar-refractivity contribution in [3.8, 4) is 5.75 Å². The molecule has 0 bridgehead atoms. The average molecular weight is 219 g/mol. The van der Waals surface area contributed by atoms with Gasteiger partial charge in [0.2, 0.25) is 0 Å². The van der Waals surface area contributed by atoms with Gasteiger partial charge in [-0.15, -0.1) is 0 Å². The Hall–Kier alpha value is -1.28. The van der Waals surface area contributed by atoms with Crippen LogP contribution in [-0.4, -0.2) is 13.2 Å². The summed E-state index contributed by atoms with van der Waals surface area (Å²) in [4.78, 5) is 0. The topological polar surface area (TPSA) is 35.2 Å². The maximum absolute atomic E-state index is 5.58. The molecule has 0 saturated carbocycles. The van der Waals surface area contributed by atoms with Gasteiger partial charge in [-0.1, -0.05) is 37.6 Å². The van der Waals surface area contributed by atoms with Gasteiger partial charge in [0, 0.05) is 0 Å². The van der Waals surface area contributed by atoms with Gasteiger partial charge >= 0.3 is 0 Å². The molecular weight excluding hydrogens is 198 g/mol. The van der Waals surface area contributed by atoms with E-state index in [1.54, 1.807) is 0 Å². The number of nitrogens with two attached hydrogens (primary N) is 1. The smallest absolute Gasteiger partial charge is 0.119 e. The Morgan fingerprint density at radius 3 is 2.62 bits per heavy atom. The second kappa shape index (κ2) is 7.94. The predicted octanol–water partition coefficient (Wildman–Crippen LogP) is 3.23. The molecule has 0 aliphatic rings. The van der Waals surface area contributed by atoms with Gasteiger partial charge < -0.3 is 10.5 Å². The predicted molar refractivity (Wildman–Crippen MR) is 69.6 cm³/mol. The summed E-state index contributed by atoms with van der Waals surface area (Å²) in [5.41, 5.74) is 6.60. The van der Waals surface area contributed by atoms with E-state index in [1.807, 2.05) is 12.1 Å². The second-order valence-corrected chi connectivity index (χ2v) is 3.75. The van der Waals surface area contributed by atoms with Crippen molar-refractivity contribution in [2.75, 3.05) is 13.2 Å². The molecule has 0 aromatic heterocycles. The molecule has 1 rings (SSSR count). The van der Waals surface area contributed by atoms with Gasteiger partial charge in [-0.3, -0.25) is 0 Å². The standard InChI is InChI=1S/C14H21NO/c1-2-3-12-16-14-9-7-13(8-10-14)6-4-5-11-15/h4,6-10H,2-3,5,11-12,15H2,1H3. The second-order valence-electron chi connectivity index (χ2n) is 3.75. The minimum atomic E-state index is 0.703. The number of benzene rings is 1. The minimum absolute atomic E-state index is 0.703. The lowest BCUT2D eigenvalue weighted by Gasteiger charge is -2.04. The first-order valence-electron chi connectivity index (χ1n) is 5.96. The van der Waals surface area contributed by atoms with E-state index in [0.29, 0.717) is 6.54 Å². The van der Waals surface area contributed by atoms with Gasteiger partial charge in [-0.05, 0) is 37.1 Å². The summed E-state index contributed by atoms with van der Waals surface area (Å²) in [6, 6.07) is 8.15. The van der Waals surface area contributed by atoms with Gasteiger partial charge in [-0.25, -0.2) is 0 Å². The first-order chi connectivity index (χ1) is 7.86. The Morgan fingerprint density at radius 2 is 2.00 bits per heavy atom. The Morgan fingerprint density at radius 1 is 1.25 bits per heavy atom. The number of hydrogen-bond acceptors (Lipinski definition) is 2. The lowest BCUT2D eigenvalue weighted by atomic mass is 10.2. The van der Waals surface area contributed by atoms with E-state index in [9.17, 15) is 0 Å². The van der Waals surface area contributed by atoms with Gasteiger partial charge in [0.25, 0.3) is 0 Å². The first kappa shape index (κ1) is 12.8. The van der Waals surface area contributed by atoms with E-state index in [-0.39, 0.29) is 0 Å². The highest BCUT2D eigenvalue weighted by Gasteiger charge is 1.92. The molecular formula is C14H21NO. The third-order valence-corrected chi connectivity index (χ3v) is 2.29. The molecule has 0 saturated heterocycles. The summed E-state index contributed by atoms with van der Waals surface area (Å²) in [6.07, 6.45) is 7.38. The van der Waals surface area contributed by atoms with Crippen molar-refractivity contribution in [1.82, 2.24) is 0 Å². The average Bonchev–Trinajstić information content (AvgIpc) is 2.32. The molecule has 0 aliphatic carbocycles. The van der Waals surface area contributed by atoms with Crippen LogP contribution in [0.2, 0.25) is 0 Å². The van der Waals surface area contributed by atoms with E-state index in [2.05, 4.69) is 31.2 Å². The zero-order chi connectivity index (χ0) is 11.6. The van der Waals surface area contributed by atoms with Crippen LogP contribution in [0.5, 0.6) is 5.75 Å². The van der Waals surface area contributed by atoms with Crippen LogP contribution in [0.1, 0.15) is 31.7 Å². The Balaban J connectivity index is 2.41. The SMILES string of the molecule is CCCCOc1ccc(C=CCCN)cc1. The van der Waals surface area contributed by atoms with Crippen molar-refractivity contribution in [3.05, 3.63) is 35.9 Å². The quantitative estimate of drug-likeness (QED) is 0.715. The van der Waals surface area contributed by atoms with E-state index in [1.165, 1.54) is 12.0 Å². The molecule has 2 nitrogen and oxygen atoms in total. The molecule has 0 heterocycles. The van der Waals surface area contributed by atoms with Crippen LogP contribution in [0.4, 0.5) is 0 Å². The molecule has 0 atom stereocenters. The molecule has 0 fully saturated rings. The molecule has 0 amide bonds. The molecule has 0 aliphatic heterocycles. The van der Waals surface area contributed by atoms with Crippen LogP contribution < -0.4 is 10.5 Å². The van der Waals surface area contributed by atoms with Crippen LogP contribution in [0.15, 0.2) is 30.3 Å². The summed E-state index contributed by atoms with van der Waals surface area (Å²) in [7, 11) is 0. The summed E-state index contributed by atoms with van der Waals surface area (Å²) >= 11 is 0. The zero-order valence-corrected chi connectivity index (χ0v) is 9.99. The number of unbranched alkanes of at least 4 members (excludes halogenated alkanes) is 1. The summed E-state index contributed by atoms with van der Waals surface area (Å²) < 4.78 is 5.58. The molecule has 88 valence electrons. The highest BCUT2D eigenvalue weighted by molar-refractivity contribution is 5.50. The Bertz CT molecular complexity index is 303. The highest BCUT2D eigenvalue weighted by Crippen LogP contribution is 2.13. The van der Waals surface area contributed by atoms with E-state index >= 15 is 0 Å². The molecule has 0 radical (unpaired) electrons. The van der Waals surface area contributed by atoms with E-state index in [4.69, 9.17) is 10.5 Å². The molecule has 0 unspecified atom stereocenters. The van der Waals surface area contributed by atoms with Crippen LogP contribution in [0, 0.1) is 0 Å². The van der Waals surface area contributed by atoms with E-state index < -0.39 is 0 Å². The molecule has 1 aromatic carbocycles. The highest BCUT2D eigenvalue weighted by atomic mass is 16.5. The fraction of sp³-hybridized carbons (Fsp3) is 0.429. The fourth-order valence-electron chi connectivity index (χ4n) is 1.33. The third-order valence-electron chi connectivity index (χ3n) is 2.29. The van der Waals surface area contributed by atoms with Crippen LogP contribution >= 0.6 is 0 Å². The third kappa shape index (κ3) is 4.99. The summed E-state index contributed by atoms with van der Waals surface area (Å²) in [5.74, 6) is 0.949. The van der Waals surface area contributed by atoms with Crippen LogP contribution in [-0.2, 0) is 0 Å². The van der Waals surface area contributed by atoms with Crippen molar-refractivity contribution in [1.29, 1.82) is 0 Å².